The van der Waals surface area contributed by atoms with E-state index < -0.39 is 11.0 Å². The number of fused-ring (bicyclic) bond motifs is 2. The van der Waals surface area contributed by atoms with E-state index in [-0.39, 0.29) is 27.9 Å². The minimum absolute atomic E-state index is 0.00535. The van der Waals surface area contributed by atoms with Crippen molar-refractivity contribution in [2.45, 2.75) is 26.7 Å². The molecule has 2 aromatic heterocycles. The molecule has 2 N–H and O–H groups in total. The average Bonchev–Trinajstić information content (AvgIpc) is 3.02. The Labute approximate surface area is 154 Å². The van der Waals surface area contributed by atoms with Crippen LogP contribution in [0.4, 0.5) is 0 Å². The van der Waals surface area contributed by atoms with E-state index in [0.717, 1.165) is 12.8 Å². The van der Waals surface area contributed by atoms with E-state index in [1.54, 1.807) is 11.0 Å². The van der Waals surface area contributed by atoms with Crippen molar-refractivity contribution in [2.75, 3.05) is 13.1 Å². The molecule has 8 heteroatoms. The van der Waals surface area contributed by atoms with Gasteiger partial charge in [-0.25, -0.2) is 0 Å². The molecule has 7 nitrogen and oxygen atoms in total. The van der Waals surface area contributed by atoms with Crippen molar-refractivity contribution >= 4 is 39.3 Å². The second kappa shape index (κ2) is 7.29. The van der Waals surface area contributed by atoms with Gasteiger partial charge in [0.25, 0.3) is 11.5 Å². The normalized spacial score (nSPS) is 11.2. The van der Waals surface area contributed by atoms with Gasteiger partial charge in [-0.3, -0.25) is 19.5 Å². The molecule has 0 radical (unpaired) electrons. The zero-order valence-electron chi connectivity index (χ0n) is 14.6. The van der Waals surface area contributed by atoms with Gasteiger partial charge in [0.15, 0.2) is 10.9 Å². The van der Waals surface area contributed by atoms with Crippen molar-refractivity contribution in [1.29, 1.82) is 0 Å². The number of nitrogens with one attached hydrogen (secondary N) is 2. The Balaban J connectivity index is 2.32. The van der Waals surface area contributed by atoms with Gasteiger partial charge in [-0.05, 0) is 31.0 Å². The van der Waals surface area contributed by atoms with Gasteiger partial charge in [0.05, 0.1) is 10.9 Å². The molecule has 0 spiro atoms. The smallest absolute Gasteiger partial charge is 0.276 e. The highest BCUT2D eigenvalue weighted by atomic mass is 35.5. The highest BCUT2D eigenvalue weighted by molar-refractivity contribution is 6.31. The summed E-state index contributed by atoms with van der Waals surface area (Å²) in [6.45, 7) is 5.07. The van der Waals surface area contributed by atoms with E-state index in [1.165, 1.54) is 12.1 Å². The van der Waals surface area contributed by atoms with Gasteiger partial charge in [-0.1, -0.05) is 25.4 Å². The molecular formula is C18H19ClN4O3. The molecule has 1 amide bonds. The second-order valence-corrected chi connectivity index (χ2v) is 6.52. The highest BCUT2D eigenvalue weighted by Gasteiger charge is 2.23. The van der Waals surface area contributed by atoms with Crippen LogP contribution in [0.15, 0.2) is 27.8 Å². The molecular weight excluding hydrogens is 356 g/mol. The van der Waals surface area contributed by atoms with Gasteiger partial charge >= 0.3 is 0 Å². The standard InChI is InChI=1S/C18H19ClN4O3/c1-3-7-23(8-4-2)18(26)15-13-14(21-22-15)17(25)20-12-9-10(19)5-6-11(12)16(13)24/h5-6,9H,3-4,7-8H2,1-2H3,(H,20,25)(H,21,22). The molecule has 26 heavy (non-hydrogen) atoms. The number of aromatic nitrogens is 3. The molecule has 3 rings (SSSR count). The van der Waals surface area contributed by atoms with Gasteiger partial charge in [0, 0.05) is 23.5 Å². The minimum atomic E-state index is -0.554. The molecule has 0 bridgehead atoms. The van der Waals surface area contributed by atoms with Crippen LogP contribution in [0.3, 0.4) is 0 Å². The molecule has 3 aromatic rings. The van der Waals surface area contributed by atoms with Gasteiger partial charge in [-0.2, -0.15) is 5.10 Å². The van der Waals surface area contributed by atoms with Crippen molar-refractivity contribution in [1.82, 2.24) is 20.1 Å². The first kappa shape index (κ1) is 18.1. The Morgan fingerprint density at radius 2 is 1.88 bits per heavy atom. The Morgan fingerprint density at radius 1 is 1.19 bits per heavy atom. The number of H-pyrrole nitrogens is 2. The molecule has 0 atom stereocenters. The molecule has 136 valence electrons. The average molecular weight is 375 g/mol. The van der Waals surface area contributed by atoms with E-state index in [2.05, 4.69) is 15.2 Å². The van der Waals surface area contributed by atoms with Gasteiger partial charge < -0.3 is 9.88 Å². The molecule has 0 unspecified atom stereocenters. The molecule has 0 saturated carbocycles. The quantitative estimate of drug-likeness (QED) is 0.717. The van der Waals surface area contributed by atoms with Crippen LogP contribution in [0.1, 0.15) is 37.2 Å². The molecule has 0 saturated heterocycles. The third-order valence-corrected chi connectivity index (χ3v) is 4.41. The largest absolute Gasteiger partial charge is 0.337 e. The van der Waals surface area contributed by atoms with Crippen molar-refractivity contribution in [2.24, 2.45) is 0 Å². The topological polar surface area (TPSA) is 98.9 Å². The molecule has 0 fully saturated rings. The third-order valence-electron chi connectivity index (χ3n) is 4.17. The number of aromatic amines is 2. The molecule has 0 aliphatic heterocycles. The third kappa shape index (κ3) is 3.10. The van der Waals surface area contributed by atoms with Gasteiger partial charge in [-0.15, -0.1) is 0 Å². The Bertz CT molecular complexity index is 1100. The molecule has 0 aliphatic carbocycles. The van der Waals surface area contributed by atoms with Crippen LogP contribution in [0.5, 0.6) is 0 Å². The predicted octanol–water partition coefficient (Wildman–Crippen LogP) is 2.68. The lowest BCUT2D eigenvalue weighted by molar-refractivity contribution is 0.0751. The van der Waals surface area contributed by atoms with E-state index in [1.807, 2.05) is 13.8 Å². The summed E-state index contributed by atoms with van der Waals surface area (Å²) < 4.78 is 0. The summed E-state index contributed by atoms with van der Waals surface area (Å²) in [5.74, 6) is -0.332. The lowest BCUT2D eigenvalue weighted by atomic mass is 10.1. The number of halogens is 1. The zero-order chi connectivity index (χ0) is 18.8. The molecule has 0 aliphatic rings. The van der Waals surface area contributed by atoms with Crippen LogP contribution in [0, 0.1) is 0 Å². The number of amides is 1. The number of nitrogens with zero attached hydrogens (tertiary/aromatic N) is 2. The summed E-state index contributed by atoms with van der Waals surface area (Å²) in [5.41, 5.74) is -0.719. The molecule has 1 aromatic carbocycles. The van der Waals surface area contributed by atoms with Crippen molar-refractivity contribution < 1.29 is 4.79 Å². The number of carbonyl (C=O) groups excluding carboxylic acids is 1. The highest BCUT2D eigenvalue weighted by Crippen LogP contribution is 2.17. The van der Waals surface area contributed by atoms with Crippen molar-refractivity contribution in [3.8, 4) is 0 Å². The van der Waals surface area contributed by atoms with E-state index in [0.29, 0.717) is 23.6 Å². The first-order valence-corrected chi connectivity index (χ1v) is 8.88. The van der Waals surface area contributed by atoms with Gasteiger partial charge in [0.2, 0.25) is 0 Å². The second-order valence-electron chi connectivity index (χ2n) is 6.09. The zero-order valence-corrected chi connectivity index (χ0v) is 15.3. The van der Waals surface area contributed by atoms with E-state index >= 15 is 0 Å². The fourth-order valence-electron chi connectivity index (χ4n) is 3.03. The summed E-state index contributed by atoms with van der Waals surface area (Å²) >= 11 is 5.96. The first-order valence-electron chi connectivity index (χ1n) is 8.51. The van der Waals surface area contributed by atoms with Crippen molar-refractivity contribution in [3.05, 3.63) is 49.5 Å². The maximum Gasteiger partial charge on any atom is 0.276 e. The maximum absolute atomic E-state index is 13.0. The van der Waals surface area contributed by atoms with Crippen LogP contribution >= 0.6 is 11.6 Å². The summed E-state index contributed by atoms with van der Waals surface area (Å²) in [6.07, 6.45) is 1.58. The van der Waals surface area contributed by atoms with Crippen LogP contribution in [0.2, 0.25) is 5.02 Å². The van der Waals surface area contributed by atoms with E-state index in [4.69, 9.17) is 11.6 Å². The predicted molar refractivity (Wildman–Crippen MR) is 102 cm³/mol. The molecule has 2 heterocycles. The van der Waals surface area contributed by atoms with E-state index in [9.17, 15) is 14.4 Å². The van der Waals surface area contributed by atoms with Crippen LogP contribution < -0.4 is 11.0 Å². The SMILES string of the molecule is CCCN(CCC)C(=O)c1[nH]nc2c(=O)[nH]c3cc(Cl)ccc3c(=O)c12. The number of benzene rings is 1. The summed E-state index contributed by atoms with van der Waals surface area (Å²) in [4.78, 5) is 42.7. The van der Waals surface area contributed by atoms with Crippen LogP contribution in [0.25, 0.3) is 21.8 Å². The lowest BCUT2D eigenvalue weighted by Crippen LogP contribution is -2.33. The summed E-state index contributed by atoms with van der Waals surface area (Å²) in [7, 11) is 0. The monoisotopic (exact) mass is 374 g/mol. The van der Waals surface area contributed by atoms with Crippen LogP contribution in [-0.2, 0) is 0 Å². The number of hydrogen-bond donors (Lipinski definition) is 2. The minimum Gasteiger partial charge on any atom is -0.337 e. The van der Waals surface area contributed by atoms with Crippen LogP contribution in [-0.4, -0.2) is 39.1 Å². The Hall–Kier alpha value is -2.67. The van der Waals surface area contributed by atoms with Gasteiger partial charge in [0.1, 0.15) is 5.69 Å². The van der Waals surface area contributed by atoms with Crippen molar-refractivity contribution in [3.63, 3.8) is 0 Å². The Morgan fingerprint density at radius 3 is 2.54 bits per heavy atom. The number of hydrogen-bond acceptors (Lipinski definition) is 4. The fraction of sp³-hybridized carbons (Fsp3) is 0.333. The summed E-state index contributed by atoms with van der Waals surface area (Å²) in [5, 5.41) is 7.21. The fourth-order valence-corrected chi connectivity index (χ4v) is 3.20. The lowest BCUT2D eigenvalue weighted by Gasteiger charge is -2.20. The maximum atomic E-state index is 13.0. The number of rotatable bonds is 5. The summed E-state index contributed by atoms with van der Waals surface area (Å²) in [6, 6.07) is 4.61. The first-order chi connectivity index (χ1) is 12.5. The Kier molecular flexibility index (Phi) is 5.08. The number of carbonyl (C=O) groups is 1.